The zero-order valence-corrected chi connectivity index (χ0v) is 12.0. The summed E-state index contributed by atoms with van der Waals surface area (Å²) in [6.45, 7) is 1.80. The van der Waals surface area contributed by atoms with Crippen LogP contribution in [0.1, 0.15) is 17.5 Å². The SMILES string of the molecule is Cc1nc2ccccc2c(=O)n1C[C@H](O)c1ccc(F)cc1. The molecule has 0 aliphatic rings. The summed E-state index contributed by atoms with van der Waals surface area (Å²) < 4.78 is 14.4. The van der Waals surface area contributed by atoms with E-state index in [4.69, 9.17) is 0 Å². The molecule has 1 heterocycles. The Morgan fingerprint density at radius 3 is 2.59 bits per heavy atom. The normalized spacial score (nSPS) is 12.5. The first kappa shape index (κ1) is 14.4. The third kappa shape index (κ3) is 2.63. The highest BCUT2D eigenvalue weighted by molar-refractivity contribution is 5.77. The van der Waals surface area contributed by atoms with Gasteiger partial charge in [-0.2, -0.15) is 0 Å². The molecule has 5 heteroatoms. The van der Waals surface area contributed by atoms with Crippen molar-refractivity contribution in [2.45, 2.75) is 19.6 Å². The topological polar surface area (TPSA) is 55.1 Å². The fourth-order valence-electron chi connectivity index (χ4n) is 2.46. The summed E-state index contributed by atoms with van der Waals surface area (Å²) in [4.78, 5) is 16.9. The van der Waals surface area contributed by atoms with Gasteiger partial charge in [0.15, 0.2) is 0 Å². The van der Waals surface area contributed by atoms with Crippen LogP contribution in [0, 0.1) is 12.7 Å². The molecule has 1 aromatic heterocycles. The highest BCUT2D eigenvalue weighted by Crippen LogP contribution is 2.16. The molecule has 112 valence electrons. The lowest BCUT2D eigenvalue weighted by Crippen LogP contribution is -2.26. The zero-order valence-electron chi connectivity index (χ0n) is 12.0. The summed E-state index contributed by atoms with van der Waals surface area (Å²) in [5.41, 5.74) is 1.00. The number of halogens is 1. The number of rotatable bonds is 3. The van der Waals surface area contributed by atoms with Crippen molar-refractivity contribution in [2.24, 2.45) is 0 Å². The molecule has 0 spiro atoms. The molecule has 0 saturated heterocycles. The van der Waals surface area contributed by atoms with Gasteiger partial charge in [0.2, 0.25) is 0 Å². The highest BCUT2D eigenvalue weighted by atomic mass is 19.1. The van der Waals surface area contributed by atoms with E-state index in [-0.39, 0.29) is 17.9 Å². The second-order valence-electron chi connectivity index (χ2n) is 5.16. The molecule has 1 atom stereocenters. The van der Waals surface area contributed by atoms with Crippen LogP contribution in [-0.2, 0) is 6.54 Å². The smallest absolute Gasteiger partial charge is 0.261 e. The van der Waals surface area contributed by atoms with E-state index in [1.807, 2.05) is 6.07 Å². The minimum absolute atomic E-state index is 0.0775. The van der Waals surface area contributed by atoms with Gasteiger partial charge in [0.1, 0.15) is 11.6 Å². The Kier molecular flexibility index (Phi) is 3.73. The molecule has 1 N–H and O–H groups in total. The molecule has 3 rings (SSSR count). The number of aliphatic hydroxyl groups excluding tert-OH is 1. The molecule has 0 aliphatic carbocycles. The summed E-state index contributed by atoms with van der Waals surface area (Å²) in [7, 11) is 0. The second kappa shape index (κ2) is 5.69. The van der Waals surface area contributed by atoms with Gasteiger partial charge in [0.25, 0.3) is 5.56 Å². The molecule has 0 bridgehead atoms. The average Bonchev–Trinajstić information content (AvgIpc) is 2.52. The summed E-state index contributed by atoms with van der Waals surface area (Å²) in [6.07, 6.45) is -0.903. The van der Waals surface area contributed by atoms with Crippen molar-refractivity contribution < 1.29 is 9.50 Å². The summed E-state index contributed by atoms with van der Waals surface area (Å²) in [5.74, 6) is 0.168. The first-order chi connectivity index (χ1) is 10.6. The third-order valence-corrected chi connectivity index (χ3v) is 3.66. The Bertz CT molecular complexity index is 872. The number of para-hydroxylation sites is 1. The van der Waals surface area contributed by atoms with Crippen molar-refractivity contribution in [2.75, 3.05) is 0 Å². The van der Waals surface area contributed by atoms with E-state index >= 15 is 0 Å². The maximum Gasteiger partial charge on any atom is 0.261 e. The number of hydrogen-bond donors (Lipinski definition) is 1. The van der Waals surface area contributed by atoms with Gasteiger partial charge in [0, 0.05) is 0 Å². The molecule has 0 aliphatic heterocycles. The maximum atomic E-state index is 12.9. The number of aliphatic hydroxyl groups is 1. The fraction of sp³-hybridized carbons (Fsp3) is 0.176. The van der Waals surface area contributed by atoms with Crippen LogP contribution in [0.3, 0.4) is 0 Å². The van der Waals surface area contributed by atoms with E-state index in [1.165, 1.54) is 28.8 Å². The first-order valence-corrected chi connectivity index (χ1v) is 6.96. The molecule has 0 unspecified atom stereocenters. The minimum Gasteiger partial charge on any atom is -0.387 e. The number of fused-ring (bicyclic) bond motifs is 1. The molecule has 0 radical (unpaired) electrons. The number of benzene rings is 2. The first-order valence-electron chi connectivity index (χ1n) is 6.96. The van der Waals surface area contributed by atoms with Crippen LogP contribution in [0.2, 0.25) is 0 Å². The molecule has 4 nitrogen and oxygen atoms in total. The van der Waals surface area contributed by atoms with E-state index < -0.39 is 6.10 Å². The van der Waals surface area contributed by atoms with Crippen LogP contribution in [0.5, 0.6) is 0 Å². The Morgan fingerprint density at radius 1 is 1.18 bits per heavy atom. The second-order valence-corrected chi connectivity index (χ2v) is 5.16. The van der Waals surface area contributed by atoms with Crippen LogP contribution in [0.25, 0.3) is 10.9 Å². The van der Waals surface area contributed by atoms with Gasteiger partial charge in [0.05, 0.1) is 23.6 Å². The molecule has 0 fully saturated rings. The van der Waals surface area contributed by atoms with Crippen molar-refractivity contribution in [3.63, 3.8) is 0 Å². The number of hydrogen-bond acceptors (Lipinski definition) is 3. The van der Waals surface area contributed by atoms with Gasteiger partial charge in [-0.3, -0.25) is 9.36 Å². The van der Waals surface area contributed by atoms with Crippen molar-refractivity contribution >= 4 is 10.9 Å². The summed E-state index contributed by atoms with van der Waals surface area (Å²) in [6, 6.07) is 12.7. The molecule has 3 aromatic rings. The number of nitrogens with zero attached hydrogens (tertiary/aromatic N) is 2. The van der Waals surface area contributed by atoms with Crippen LogP contribution in [0.15, 0.2) is 53.3 Å². The summed E-state index contributed by atoms with van der Waals surface area (Å²) in [5, 5.41) is 10.8. The minimum atomic E-state index is -0.903. The average molecular weight is 298 g/mol. The van der Waals surface area contributed by atoms with Gasteiger partial charge in [-0.1, -0.05) is 24.3 Å². The quantitative estimate of drug-likeness (QED) is 0.808. The predicted octanol–water partition coefficient (Wildman–Crippen LogP) is 2.58. The van der Waals surface area contributed by atoms with Crippen LogP contribution >= 0.6 is 0 Å². The zero-order chi connectivity index (χ0) is 15.7. The third-order valence-electron chi connectivity index (χ3n) is 3.66. The van der Waals surface area contributed by atoms with E-state index in [9.17, 15) is 14.3 Å². The fourth-order valence-corrected chi connectivity index (χ4v) is 2.46. The van der Waals surface area contributed by atoms with E-state index in [1.54, 1.807) is 25.1 Å². The van der Waals surface area contributed by atoms with Gasteiger partial charge in [-0.25, -0.2) is 9.37 Å². The van der Waals surface area contributed by atoms with Crippen molar-refractivity contribution in [1.82, 2.24) is 9.55 Å². The molecular formula is C17H15FN2O2. The van der Waals surface area contributed by atoms with Gasteiger partial charge in [-0.05, 0) is 36.8 Å². The van der Waals surface area contributed by atoms with Crippen molar-refractivity contribution in [3.05, 3.63) is 76.1 Å². The van der Waals surface area contributed by atoms with Crippen LogP contribution < -0.4 is 5.56 Å². The van der Waals surface area contributed by atoms with Gasteiger partial charge in [-0.15, -0.1) is 0 Å². The van der Waals surface area contributed by atoms with E-state index in [0.29, 0.717) is 22.3 Å². The maximum absolute atomic E-state index is 12.9. The van der Waals surface area contributed by atoms with Gasteiger partial charge >= 0.3 is 0 Å². The van der Waals surface area contributed by atoms with Gasteiger partial charge < -0.3 is 5.11 Å². The predicted molar refractivity (Wildman–Crippen MR) is 82.1 cm³/mol. The molecule has 22 heavy (non-hydrogen) atoms. The highest BCUT2D eigenvalue weighted by Gasteiger charge is 2.13. The Hall–Kier alpha value is -2.53. The summed E-state index contributed by atoms with van der Waals surface area (Å²) >= 11 is 0. The number of aryl methyl sites for hydroxylation is 1. The lowest BCUT2D eigenvalue weighted by atomic mass is 10.1. The monoisotopic (exact) mass is 298 g/mol. The Balaban J connectivity index is 2.00. The van der Waals surface area contributed by atoms with Crippen LogP contribution in [0.4, 0.5) is 4.39 Å². The Morgan fingerprint density at radius 2 is 1.86 bits per heavy atom. The molecule has 2 aromatic carbocycles. The molecule has 0 amide bonds. The largest absolute Gasteiger partial charge is 0.387 e. The van der Waals surface area contributed by atoms with E-state index in [2.05, 4.69) is 4.98 Å². The van der Waals surface area contributed by atoms with Crippen LogP contribution in [-0.4, -0.2) is 14.7 Å². The molecule has 0 saturated carbocycles. The standard InChI is InChI=1S/C17H15FN2O2/c1-11-19-15-5-3-2-4-14(15)17(22)20(11)10-16(21)12-6-8-13(18)9-7-12/h2-9,16,21H,10H2,1H3/t16-/m0/s1. The lowest BCUT2D eigenvalue weighted by molar-refractivity contribution is 0.154. The van der Waals surface area contributed by atoms with Crippen molar-refractivity contribution in [3.8, 4) is 0 Å². The van der Waals surface area contributed by atoms with Crippen molar-refractivity contribution in [1.29, 1.82) is 0 Å². The number of aromatic nitrogens is 2. The molecular weight excluding hydrogens is 283 g/mol. The Labute approximate surface area is 126 Å². The lowest BCUT2D eigenvalue weighted by Gasteiger charge is -2.15. The van der Waals surface area contributed by atoms with E-state index in [0.717, 1.165) is 0 Å².